The van der Waals surface area contributed by atoms with E-state index in [-0.39, 0.29) is 17.6 Å². The number of carboxylic acid groups (broad SMARTS) is 2. The smallest absolute Gasteiger partial charge is 0.335 e. The molecule has 1 aliphatic carbocycles. The van der Waals surface area contributed by atoms with Crippen LogP contribution >= 0.6 is 0 Å². The van der Waals surface area contributed by atoms with Gasteiger partial charge in [0.15, 0.2) is 6.29 Å². The number of aliphatic carboxylic acids is 2. The molecule has 8 atom stereocenters. The topological polar surface area (TPSA) is 183 Å². The van der Waals surface area contributed by atoms with E-state index in [0.717, 1.165) is 6.26 Å². The Kier molecular flexibility index (Phi) is 5.51. The molecule has 0 aromatic carbocycles. The predicted octanol–water partition coefficient (Wildman–Crippen LogP) is -2.23. The molecule has 0 bridgehead atoms. The molecule has 0 amide bonds. The second-order valence-corrected chi connectivity index (χ2v) is 6.55. The zero-order valence-corrected chi connectivity index (χ0v) is 13.9. The van der Waals surface area contributed by atoms with Crippen LogP contribution in [-0.2, 0) is 23.8 Å². The Balaban J connectivity index is 1.84. The zero-order chi connectivity index (χ0) is 19.9. The third-order valence-electron chi connectivity index (χ3n) is 5.02. The van der Waals surface area contributed by atoms with E-state index in [1.165, 1.54) is 6.08 Å². The van der Waals surface area contributed by atoms with Crippen molar-refractivity contribution in [2.24, 2.45) is 11.8 Å². The largest absolute Gasteiger partial charge is 0.478 e. The van der Waals surface area contributed by atoms with Gasteiger partial charge in [0.1, 0.15) is 24.4 Å². The molecule has 2 heterocycles. The number of ether oxygens (including phenoxy) is 3. The van der Waals surface area contributed by atoms with Crippen LogP contribution in [0, 0.1) is 11.8 Å². The quantitative estimate of drug-likeness (QED) is 0.300. The van der Waals surface area contributed by atoms with E-state index in [0.29, 0.717) is 0 Å². The van der Waals surface area contributed by atoms with Crippen molar-refractivity contribution in [1.82, 2.24) is 0 Å². The molecule has 1 fully saturated rings. The standard InChI is InChI=1S/C16H20O11/c17-3-8-10(18)11(19)12(20)16(26-8)27-15-9-5(1-2-6(9)13(21)22)7(4-25-15)14(23)24/h2,4-5,8-12,15-20H,1,3H2,(H,21,22)(H,23,24)/t5-,8-,9+,10-,11+,12-,15+,16+/m1/s1. The molecule has 1 saturated heterocycles. The van der Waals surface area contributed by atoms with E-state index >= 15 is 0 Å². The van der Waals surface area contributed by atoms with Gasteiger partial charge in [0, 0.05) is 11.5 Å². The molecule has 11 nitrogen and oxygen atoms in total. The number of allylic oxidation sites excluding steroid dienone is 1. The van der Waals surface area contributed by atoms with Crippen LogP contribution in [0.25, 0.3) is 0 Å². The molecule has 2 aliphatic heterocycles. The highest BCUT2D eigenvalue weighted by Crippen LogP contribution is 2.44. The van der Waals surface area contributed by atoms with Gasteiger partial charge < -0.3 is 44.8 Å². The van der Waals surface area contributed by atoms with Crippen LogP contribution < -0.4 is 0 Å². The summed E-state index contributed by atoms with van der Waals surface area (Å²) >= 11 is 0. The van der Waals surface area contributed by atoms with E-state index in [9.17, 15) is 40.2 Å². The highest BCUT2D eigenvalue weighted by molar-refractivity contribution is 5.91. The molecule has 0 unspecified atom stereocenters. The van der Waals surface area contributed by atoms with Crippen molar-refractivity contribution in [3.05, 3.63) is 23.5 Å². The van der Waals surface area contributed by atoms with E-state index in [4.69, 9.17) is 14.2 Å². The van der Waals surface area contributed by atoms with Crippen molar-refractivity contribution in [3.63, 3.8) is 0 Å². The van der Waals surface area contributed by atoms with Gasteiger partial charge in [-0.1, -0.05) is 6.08 Å². The lowest BCUT2D eigenvalue weighted by atomic mass is 9.83. The lowest BCUT2D eigenvalue weighted by Gasteiger charge is -2.42. The Morgan fingerprint density at radius 1 is 1.04 bits per heavy atom. The average Bonchev–Trinajstić information content (AvgIpc) is 3.07. The predicted molar refractivity (Wildman–Crippen MR) is 82.8 cm³/mol. The Bertz CT molecular complexity index is 669. The third kappa shape index (κ3) is 3.45. The van der Waals surface area contributed by atoms with Gasteiger partial charge in [-0.25, -0.2) is 9.59 Å². The monoisotopic (exact) mass is 388 g/mol. The molecule has 0 saturated carbocycles. The van der Waals surface area contributed by atoms with Crippen LogP contribution in [0.1, 0.15) is 6.42 Å². The summed E-state index contributed by atoms with van der Waals surface area (Å²) in [6.45, 7) is -0.661. The van der Waals surface area contributed by atoms with Crippen LogP contribution in [0.4, 0.5) is 0 Å². The number of fused-ring (bicyclic) bond motifs is 1. The lowest BCUT2D eigenvalue weighted by Crippen LogP contribution is -2.60. The summed E-state index contributed by atoms with van der Waals surface area (Å²) in [6.07, 6.45) is -6.53. The van der Waals surface area contributed by atoms with Gasteiger partial charge in [0.25, 0.3) is 0 Å². The number of carboxylic acids is 2. The first-order valence-electron chi connectivity index (χ1n) is 8.24. The summed E-state index contributed by atoms with van der Waals surface area (Å²) in [5.74, 6) is -4.21. The zero-order valence-electron chi connectivity index (χ0n) is 13.9. The Hall–Kier alpha value is -2.02. The van der Waals surface area contributed by atoms with Gasteiger partial charge in [0.05, 0.1) is 24.4 Å². The molecular formula is C16H20O11. The van der Waals surface area contributed by atoms with Crippen molar-refractivity contribution in [1.29, 1.82) is 0 Å². The first-order chi connectivity index (χ1) is 12.8. The molecule has 11 heteroatoms. The van der Waals surface area contributed by atoms with Crippen LogP contribution in [0.5, 0.6) is 0 Å². The number of carbonyl (C=O) groups is 2. The van der Waals surface area contributed by atoms with Crippen molar-refractivity contribution >= 4 is 11.9 Å². The Labute approximate surface area is 152 Å². The molecular weight excluding hydrogens is 368 g/mol. The second kappa shape index (κ2) is 7.54. The number of rotatable bonds is 5. The summed E-state index contributed by atoms with van der Waals surface area (Å²) in [4.78, 5) is 22.9. The summed E-state index contributed by atoms with van der Waals surface area (Å²) in [7, 11) is 0. The minimum atomic E-state index is -1.70. The van der Waals surface area contributed by atoms with Crippen LogP contribution in [-0.4, -0.2) is 86.2 Å². The maximum absolute atomic E-state index is 11.5. The van der Waals surface area contributed by atoms with Crippen molar-refractivity contribution < 1.29 is 54.4 Å². The van der Waals surface area contributed by atoms with Crippen LogP contribution in [0.2, 0.25) is 0 Å². The van der Waals surface area contributed by atoms with Gasteiger partial charge in [-0.15, -0.1) is 0 Å². The average molecular weight is 388 g/mol. The summed E-state index contributed by atoms with van der Waals surface area (Å²) < 4.78 is 16.0. The minimum absolute atomic E-state index is 0.0959. The van der Waals surface area contributed by atoms with Crippen LogP contribution in [0.3, 0.4) is 0 Å². The summed E-state index contributed by atoms with van der Waals surface area (Å²) in [5, 5.41) is 57.6. The normalized spacial score (nSPS) is 41.2. The van der Waals surface area contributed by atoms with E-state index in [1.807, 2.05) is 0 Å². The van der Waals surface area contributed by atoms with Crippen LogP contribution in [0.15, 0.2) is 23.5 Å². The molecule has 0 radical (unpaired) electrons. The van der Waals surface area contributed by atoms with E-state index < -0.39 is 67.4 Å². The molecule has 0 aromatic rings. The molecule has 0 spiro atoms. The fourth-order valence-electron chi connectivity index (χ4n) is 3.59. The first kappa shape index (κ1) is 19.7. The van der Waals surface area contributed by atoms with E-state index in [1.54, 1.807) is 0 Å². The number of aliphatic hydroxyl groups excluding tert-OH is 4. The van der Waals surface area contributed by atoms with Gasteiger partial charge in [-0.2, -0.15) is 0 Å². The van der Waals surface area contributed by atoms with Crippen molar-refractivity contribution in [3.8, 4) is 0 Å². The Morgan fingerprint density at radius 3 is 2.30 bits per heavy atom. The van der Waals surface area contributed by atoms with Crippen molar-refractivity contribution in [2.75, 3.05) is 6.61 Å². The number of aliphatic hydroxyl groups is 4. The van der Waals surface area contributed by atoms with Gasteiger partial charge in [-0.3, -0.25) is 0 Å². The summed E-state index contributed by atoms with van der Waals surface area (Å²) in [6, 6.07) is 0. The molecule has 27 heavy (non-hydrogen) atoms. The maximum atomic E-state index is 11.5. The first-order valence-corrected chi connectivity index (χ1v) is 8.24. The van der Waals surface area contributed by atoms with Gasteiger partial charge >= 0.3 is 11.9 Å². The van der Waals surface area contributed by atoms with Crippen molar-refractivity contribution in [2.45, 2.75) is 43.4 Å². The minimum Gasteiger partial charge on any atom is -0.478 e. The number of hydrogen-bond donors (Lipinski definition) is 6. The van der Waals surface area contributed by atoms with E-state index in [2.05, 4.69) is 0 Å². The molecule has 6 N–H and O–H groups in total. The highest BCUT2D eigenvalue weighted by atomic mass is 16.8. The Morgan fingerprint density at radius 2 is 1.70 bits per heavy atom. The molecule has 3 rings (SSSR count). The lowest BCUT2D eigenvalue weighted by molar-refractivity contribution is -0.339. The fourth-order valence-corrected chi connectivity index (χ4v) is 3.59. The van der Waals surface area contributed by atoms with Gasteiger partial charge in [-0.05, 0) is 6.42 Å². The molecule has 150 valence electrons. The fraction of sp³-hybridized carbons (Fsp3) is 0.625. The SMILES string of the molecule is O=C(O)C1=CC[C@@H]2C(C(=O)O)=CO[C@@H](O[C@@H]3O[C@H](CO)[C@@H](O)[C@H](O)[C@H]3O)[C@H]12. The maximum Gasteiger partial charge on any atom is 0.335 e. The number of hydrogen-bond acceptors (Lipinski definition) is 9. The van der Waals surface area contributed by atoms with Gasteiger partial charge in [0.2, 0.25) is 6.29 Å². The third-order valence-corrected chi connectivity index (χ3v) is 5.02. The molecule has 3 aliphatic rings. The second-order valence-electron chi connectivity index (χ2n) is 6.55. The highest BCUT2D eigenvalue weighted by Gasteiger charge is 2.50. The molecule has 0 aromatic heterocycles. The summed E-state index contributed by atoms with van der Waals surface area (Å²) in [5.41, 5.74) is -0.206.